The Morgan fingerprint density at radius 2 is 1.81 bits per heavy atom. The third-order valence-electron chi connectivity index (χ3n) is 8.37. The highest BCUT2D eigenvalue weighted by Crippen LogP contribution is 2.69. The van der Waals surface area contributed by atoms with Crippen molar-refractivity contribution in [3.8, 4) is 22.6 Å². The first kappa shape index (κ1) is 23.8. The van der Waals surface area contributed by atoms with Gasteiger partial charge in [0.25, 0.3) is 0 Å². The largest absolute Gasteiger partial charge is 0.396 e. The first-order valence-corrected chi connectivity index (χ1v) is 12.6. The topological polar surface area (TPSA) is 89.6 Å². The van der Waals surface area contributed by atoms with Gasteiger partial charge in [0, 0.05) is 12.5 Å². The summed E-state index contributed by atoms with van der Waals surface area (Å²) in [5.74, 6) is -1.09. The zero-order valence-electron chi connectivity index (χ0n) is 21.0. The molecule has 1 N–H and O–H groups in total. The van der Waals surface area contributed by atoms with E-state index in [0.29, 0.717) is 17.9 Å². The van der Waals surface area contributed by atoms with Gasteiger partial charge in [0.15, 0.2) is 0 Å². The molecule has 0 spiro atoms. The quantitative estimate of drug-likeness (QED) is 0.403. The first-order chi connectivity index (χ1) is 17.8. The van der Waals surface area contributed by atoms with Crippen LogP contribution in [-0.4, -0.2) is 41.9 Å². The van der Waals surface area contributed by atoms with E-state index in [1.165, 1.54) is 18.2 Å². The van der Waals surface area contributed by atoms with E-state index in [1.807, 2.05) is 31.2 Å². The Hall–Kier alpha value is -3.59. The van der Waals surface area contributed by atoms with Crippen LogP contribution in [0.3, 0.4) is 0 Å². The fraction of sp³-hybridized carbons (Fsp3) is 0.393. The number of hydrogen-bond acceptors (Lipinski definition) is 6. The predicted molar refractivity (Wildman–Crippen MR) is 133 cm³/mol. The number of benzene rings is 1. The summed E-state index contributed by atoms with van der Waals surface area (Å²) in [4.78, 5) is 6.64. The minimum atomic E-state index is -0.651. The molecule has 2 aliphatic rings. The van der Waals surface area contributed by atoms with Crippen LogP contribution in [0.25, 0.3) is 22.6 Å². The van der Waals surface area contributed by atoms with Crippen LogP contribution in [0, 0.1) is 23.0 Å². The van der Waals surface area contributed by atoms with E-state index in [-0.39, 0.29) is 35.1 Å². The van der Waals surface area contributed by atoms with Gasteiger partial charge in [-0.3, -0.25) is 4.98 Å². The van der Waals surface area contributed by atoms with Gasteiger partial charge in [-0.25, -0.2) is 8.78 Å². The molecule has 2 bridgehead atoms. The van der Waals surface area contributed by atoms with Crippen molar-refractivity contribution in [1.82, 2.24) is 30.2 Å². The van der Waals surface area contributed by atoms with Gasteiger partial charge in [0.2, 0.25) is 0 Å². The van der Waals surface area contributed by atoms with Crippen LogP contribution >= 0.6 is 0 Å². The lowest BCUT2D eigenvalue weighted by atomic mass is 9.66. The van der Waals surface area contributed by atoms with E-state index in [0.717, 1.165) is 29.8 Å². The van der Waals surface area contributed by atoms with Crippen molar-refractivity contribution < 1.29 is 13.9 Å². The Balaban J connectivity index is 1.43. The summed E-state index contributed by atoms with van der Waals surface area (Å²) in [6.07, 6.45) is 3.47. The maximum atomic E-state index is 14.5. The molecule has 0 unspecified atom stereocenters. The minimum absolute atomic E-state index is 0.0472. The average molecular weight is 503 g/mol. The summed E-state index contributed by atoms with van der Waals surface area (Å²) in [7, 11) is 0. The Bertz CT molecular complexity index is 1480. The first-order valence-electron chi connectivity index (χ1n) is 12.6. The maximum Gasteiger partial charge on any atom is 0.135 e. The molecule has 190 valence electrons. The molecule has 9 heteroatoms. The van der Waals surface area contributed by atoms with Crippen LogP contribution in [0.5, 0.6) is 0 Å². The van der Waals surface area contributed by atoms with E-state index >= 15 is 0 Å². The monoisotopic (exact) mass is 502 g/mol. The second-order valence-corrected chi connectivity index (χ2v) is 10.8. The number of halogens is 2. The lowest BCUT2D eigenvalue weighted by Crippen LogP contribution is -2.37. The molecule has 0 saturated heterocycles. The van der Waals surface area contributed by atoms with Crippen molar-refractivity contribution in [3.63, 3.8) is 0 Å². The smallest absolute Gasteiger partial charge is 0.135 e. The molecule has 0 amide bonds. The normalized spacial score (nSPS) is 22.3. The number of aliphatic hydroxyl groups is 1. The molecule has 0 radical (unpaired) electrons. The fourth-order valence-corrected chi connectivity index (χ4v) is 6.41. The van der Waals surface area contributed by atoms with Crippen LogP contribution in [0.1, 0.15) is 56.5 Å². The Labute approximate surface area is 213 Å². The van der Waals surface area contributed by atoms with Crippen molar-refractivity contribution in [2.75, 3.05) is 6.61 Å². The van der Waals surface area contributed by atoms with E-state index in [2.05, 4.69) is 34.2 Å². The molecule has 3 heterocycles. The van der Waals surface area contributed by atoms with Crippen molar-refractivity contribution in [2.45, 2.75) is 51.5 Å². The summed E-state index contributed by atoms with van der Waals surface area (Å²) in [5, 5.41) is 27.2. The molecular weight excluding hydrogens is 474 g/mol. The summed E-state index contributed by atoms with van der Waals surface area (Å²) >= 11 is 0. The molecule has 3 atom stereocenters. The van der Waals surface area contributed by atoms with E-state index in [9.17, 15) is 13.9 Å². The van der Waals surface area contributed by atoms with Gasteiger partial charge < -0.3 is 5.11 Å². The Morgan fingerprint density at radius 3 is 2.57 bits per heavy atom. The maximum absolute atomic E-state index is 14.5. The van der Waals surface area contributed by atoms with Crippen molar-refractivity contribution >= 4 is 0 Å². The molecule has 3 aromatic heterocycles. The van der Waals surface area contributed by atoms with E-state index in [1.54, 1.807) is 11.0 Å². The predicted octanol–water partition coefficient (Wildman–Crippen LogP) is 4.91. The molecule has 4 aromatic rings. The Kier molecular flexibility index (Phi) is 5.45. The summed E-state index contributed by atoms with van der Waals surface area (Å²) in [6.45, 7) is 6.95. The molecule has 0 aliphatic heterocycles. The molecule has 2 aliphatic carbocycles. The van der Waals surface area contributed by atoms with E-state index in [4.69, 9.17) is 4.98 Å². The molecular formula is C28H28F2N6O. The number of fused-ring (bicyclic) bond motifs is 5. The molecule has 1 aromatic carbocycles. The molecule has 1 fully saturated rings. The number of rotatable bonds is 6. The zero-order valence-corrected chi connectivity index (χ0v) is 21.0. The zero-order chi connectivity index (χ0) is 25.9. The van der Waals surface area contributed by atoms with Gasteiger partial charge in [0.05, 0.1) is 46.5 Å². The van der Waals surface area contributed by atoms with Crippen LogP contribution in [-0.2, 0) is 12.0 Å². The van der Waals surface area contributed by atoms with Crippen LogP contribution in [0.4, 0.5) is 8.78 Å². The van der Waals surface area contributed by atoms with E-state index < -0.39 is 17.0 Å². The van der Waals surface area contributed by atoms with Gasteiger partial charge in [0.1, 0.15) is 17.3 Å². The van der Waals surface area contributed by atoms with Crippen LogP contribution < -0.4 is 0 Å². The highest BCUT2D eigenvalue weighted by Gasteiger charge is 2.65. The van der Waals surface area contributed by atoms with Gasteiger partial charge in [-0.15, -0.1) is 5.10 Å². The SMILES string of the molecule is C[C@H](CO)Cn1ncc(-c2cccc([C@@]34CC[C@@H](c5cc(-c6c(F)cccc6F)nnc53)C4(C)C)n2)n1. The average Bonchev–Trinajstić information content (AvgIpc) is 3.51. The molecule has 37 heavy (non-hydrogen) atoms. The van der Waals surface area contributed by atoms with Gasteiger partial charge in [-0.05, 0) is 60.1 Å². The van der Waals surface area contributed by atoms with Crippen molar-refractivity contribution in [3.05, 3.63) is 77.2 Å². The highest BCUT2D eigenvalue weighted by atomic mass is 19.1. The molecule has 7 nitrogen and oxygen atoms in total. The fourth-order valence-electron chi connectivity index (χ4n) is 6.41. The highest BCUT2D eigenvalue weighted by molar-refractivity contribution is 5.64. The van der Waals surface area contributed by atoms with Gasteiger partial charge in [-0.2, -0.15) is 20.1 Å². The second-order valence-electron chi connectivity index (χ2n) is 10.8. The lowest BCUT2D eigenvalue weighted by Gasteiger charge is -2.37. The van der Waals surface area contributed by atoms with Crippen molar-refractivity contribution in [1.29, 1.82) is 0 Å². The summed E-state index contributed by atoms with van der Waals surface area (Å²) in [6, 6.07) is 11.5. The number of aromatic nitrogens is 6. The van der Waals surface area contributed by atoms with Crippen LogP contribution in [0.15, 0.2) is 48.7 Å². The summed E-state index contributed by atoms with van der Waals surface area (Å²) < 4.78 is 29.0. The minimum Gasteiger partial charge on any atom is -0.396 e. The number of pyridine rings is 1. The van der Waals surface area contributed by atoms with Crippen molar-refractivity contribution in [2.24, 2.45) is 11.3 Å². The number of hydrogen-bond donors (Lipinski definition) is 1. The summed E-state index contributed by atoms with van der Waals surface area (Å²) in [5.41, 5.74) is 3.42. The second kappa shape index (κ2) is 8.48. The third-order valence-corrected chi connectivity index (χ3v) is 8.37. The lowest BCUT2D eigenvalue weighted by molar-refractivity contribution is 0.214. The molecule has 1 saturated carbocycles. The number of aliphatic hydroxyl groups excluding tert-OH is 1. The van der Waals surface area contributed by atoms with Crippen LogP contribution in [0.2, 0.25) is 0 Å². The number of nitrogens with zero attached hydrogens (tertiary/aromatic N) is 6. The molecule has 6 rings (SSSR count). The Morgan fingerprint density at radius 1 is 1.05 bits per heavy atom. The van der Waals surface area contributed by atoms with Gasteiger partial charge >= 0.3 is 0 Å². The standard InChI is InChI=1S/C28H28F2N6O/c1-16(15-37)14-36-31-13-23(35-36)21-8-5-9-24(32-21)28-11-10-18(27(28,2)3)17-12-22(33-34-26(17)28)25-19(29)6-4-7-20(25)30/h4-9,12-13,16,18,37H,10-11,14-15H2,1-3H3/t16-,18-,28-/m0/s1. The third kappa shape index (κ3) is 3.43. The van der Waals surface area contributed by atoms with Gasteiger partial charge in [-0.1, -0.05) is 32.9 Å².